The smallest absolute Gasteiger partial charge is 0.240 e. The summed E-state index contributed by atoms with van der Waals surface area (Å²) in [5.74, 6) is 0.152. The van der Waals surface area contributed by atoms with Crippen molar-refractivity contribution >= 4 is 11.6 Å². The van der Waals surface area contributed by atoms with Gasteiger partial charge in [0.15, 0.2) is 0 Å². The first-order chi connectivity index (χ1) is 10.8. The Balaban J connectivity index is 1.63. The summed E-state index contributed by atoms with van der Waals surface area (Å²) in [5.41, 5.74) is 3.58. The third kappa shape index (κ3) is 3.04. The Morgan fingerprint density at radius 2 is 1.86 bits per heavy atom. The van der Waals surface area contributed by atoms with Gasteiger partial charge in [-0.1, -0.05) is 55.5 Å². The maximum absolute atomic E-state index is 12.5. The van der Waals surface area contributed by atoms with Crippen molar-refractivity contribution < 1.29 is 4.79 Å². The molecule has 0 saturated heterocycles. The molecule has 0 aliphatic carbocycles. The Labute approximate surface area is 132 Å². The van der Waals surface area contributed by atoms with Crippen molar-refractivity contribution in [1.82, 2.24) is 5.32 Å². The zero-order chi connectivity index (χ0) is 15.4. The molecule has 1 N–H and O–H groups in total. The average molecular weight is 294 g/mol. The first-order valence-corrected chi connectivity index (χ1v) is 7.96. The topological polar surface area (TPSA) is 32.3 Å². The second-order valence-electron chi connectivity index (χ2n) is 5.68. The predicted octanol–water partition coefficient (Wildman–Crippen LogP) is 3.32. The molecule has 1 amide bonds. The number of nitrogens with one attached hydrogen (secondary N) is 1. The summed E-state index contributed by atoms with van der Waals surface area (Å²) in [5, 5.41) is 3.40. The molecule has 1 aliphatic rings. The molecule has 0 saturated carbocycles. The monoisotopic (exact) mass is 294 g/mol. The highest BCUT2D eigenvalue weighted by molar-refractivity contribution is 5.96. The van der Waals surface area contributed by atoms with E-state index in [1.54, 1.807) is 0 Å². The SMILES string of the molecule is CCC(NCC(=O)N1CCc2ccccc21)c1ccccc1. The highest BCUT2D eigenvalue weighted by atomic mass is 16.2. The van der Waals surface area contributed by atoms with Gasteiger partial charge < -0.3 is 10.2 Å². The minimum Gasteiger partial charge on any atom is -0.311 e. The molecule has 0 spiro atoms. The number of nitrogens with zero attached hydrogens (tertiary/aromatic N) is 1. The van der Waals surface area contributed by atoms with Gasteiger partial charge in [-0.15, -0.1) is 0 Å². The number of rotatable bonds is 5. The van der Waals surface area contributed by atoms with Crippen LogP contribution in [-0.4, -0.2) is 19.0 Å². The number of carbonyl (C=O) groups excluding carboxylic acids is 1. The van der Waals surface area contributed by atoms with Crippen LogP contribution in [0.25, 0.3) is 0 Å². The molecule has 0 radical (unpaired) electrons. The lowest BCUT2D eigenvalue weighted by Crippen LogP contribution is -2.38. The van der Waals surface area contributed by atoms with Gasteiger partial charge in [0.05, 0.1) is 6.54 Å². The van der Waals surface area contributed by atoms with E-state index >= 15 is 0 Å². The number of fused-ring (bicyclic) bond motifs is 1. The van der Waals surface area contributed by atoms with E-state index in [0.29, 0.717) is 6.54 Å². The molecule has 1 aliphatic heterocycles. The average Bonchev–Trinajstić information content (AvgIpc) is 3.00. The van der Waals surface area contributed by atoms with E-state index < -0.39 is 0 Å². The molecule has 3 rings (SSSR count). The standard InChI is InChI=1S/C19H22N2O/c1-2-17(15-8-4-3-5-9-15)20-14-19(22)21-13-12-16-10-6-7-11-18(16)21/h3-11,17,20H,2,12-14H2,1H3. The molecular formula is C19H22N2O. The Morgan fingerprint density at radius 3 is 2.64 bits per heavy atom. The molecule has 3 nitrogen and oxygen atoms in total. The van der Waals surface area contributed by atoms with Crippen LogP contribution in [0.3, 0.4) is 0 Å². The van der Waals surface area contributed by atoms with Crippen molar-refractivity contribution in [1.29, 1.82) is 0 Å². The number of carbonyl (C=O) groups is 1. The molecule has 22 heavy (non-hydrogen) atoms. The minimum atomic E-state index is 0.152. The van der Waals surface area contributed by atoms with Gasteiger partial charge >= 0.3 is 0 Å². The van der Waals surface area contributed by atoms with Crippen LogP contribution < -0.4 is 10.2 Å². The fraction of sp³-hybridized carbons (Fsp3) is 0.316. The molecule has 114 valence electrons. The summed E-state index contributed by atoms with van der Waals surface area (Å²) < 4.78 is 0. The van der Waals surface area contributed by atoms with Crippen molar-refractivity contribution in [2.24, 2.45) is 0 Å². The lowest BCUT2D eigenvalue weighted by molar-refractivity contribution is -0.117. The molecule has 1 atom stereocenters. The maximum Gasteiger partial charge on any atom is 0.240 e. The predicted molar refractivity (Wildman–Crippen MR) is 90.0 cm³/mol. The maximum atomic E-state index is 12.5. The zero-order valence-electron chi connectivity index (χ0n) is 13.0. The third-order valence-electron chi connectivity index (χ3n) is 4.30. The van der Waals surface area contributed by atoms with Crippen LogP contribution in [-0.2, 0) is 11.2 Å². The number of anilines is 1. The van der Waals surface area contributed by atoms with Gasteiger partial charge in [0.2, 0.25) is 5.91 Å². The number of para-hydroxylation sites is 1. The Hall–Kier alpha value is -2.13. The minimum absolute atomic E-state index is 0.152. The van der Waals surface area contributed by atoms with Crippen LogP contribution in [0.1, 0.15) is 30.5 Å². The summed E-state index contributed by atoms with van der Waals surface area (Å²) in [4.78, 5) is 14.4. The van der Waals surface area contributed by atoms with Crippen molar-refractivity contribution in [3.63, 3.8) is 0 Å². The van der Waals surface area contributed by atoms with Crippen LogP contribution in [0.5, 0.6) is 0 Å². The number of amides is 1. The zero-order valence-corrected chi connectivity index (χ0v) is 13.0. The van der Waals surface area contributed by atoms with Crippen LogP contribution in [0.2, 0.25) is 0 Å². The lowest BCUT2D eigenvalue weighted by atomic mass is 10.0. The van der Waals surface area contributed by atoms with Gasteiger partial charge in [0.1, 0.15) is 0 Å². The van der Waals surface area contributed by atoms with Gasteiger partial charge in [-0.3, -0.25) is 4.79 Å². The van der Waals surface area contributed by atoms with Crippen molar-refractivity contribution in [3.05, 3.63) is 65.7 Å². The van der Waals surface area contributed by atoms with E-state index in [9.17, 15) is 4.79 Å². The van der Waals surface area contributed by atoms with Crippen LogP contribution in [0, 0.1) is 0 Å². The summed E-state index contributed by atoms with van der Waals surface area (Å²) >= 11 is 0. The van der Waals surface area contributed by atoms with Crippen LogP contribution in [0.15, 0.2) is 54.6 Å². The van der Waals surface area contributed by atoms with E-state index in [1.165, 1.54) is 11.1 Å². The molecule has 2 aromatic rings. The van der Waals surface area contributed by atoms with E-state index in [1.807, 2.05) is 41.3 Å². The Morgan fingerprint density at radius 1 is 1.14 bits per heavy atom. The Bertz CT molecular complexity index is 639. The van der Waals surface area contributed by atoms with E-state index in [2.05, 4.69) is 30.4 Å². The van der Waals surface area contributed by atoms with Crippen molar-refractivity contribution in [3.8, 4) is 0 Å². The first kappa shape index (κ1) is 14.8. The van der Waals surface area contributed by atoms with E-state index in [-0.39, 0.29) is 11.9 Å². The number of hydrogen-bond donors (Lipinski definition) is 1. The van der Waals surface area contributed by atoms with E-state index in [0.717, 1.165) is 25.1 Å². The van der Waals surface area contributed by atoms with E-state index in [4.69, 9.17) is 0 Å². The first-order valence-electron chi connectivity index (χ1n) is 7.96. The van der Waals surface area contributed by atoms with Gasteiger partial charge in [0.25, 0.3) is 0 Å². The van der Waals surface area contributed by atoms with Crippen LogP contribution >= 0.6 is 0 Å². The second kappa shape index (κ2) is 6.75. The quantitative estimate of drug-likeness (QED) is 0.917. The van der Waals surface area contributed by atoms with Gasteiger partial charge in [-0.2, -0.15) is 0 Å². The second-order valence-corrected chi connectivity index (χ2v) is 5.68. The third-order valence-corrected chi connectivity index (χ3v) is 4.30. The molecular weight excluding hydrogens is 272 g/mol. The molecule has 0 aromatic heterocycles. The molecule has 0 bridgehead atoms. The molecule has 0 fully saturated rings. The summed E-state index contributed by atoms with van der Waals surface area (Å²) in [6.45, 7) is 3.31. The lowest BCUT2D eigenvalue weighted by Gasteiger charge is -2.21. The Kier molecular flexibility index (Phi) is 4.54. The highest BCUT2D eigenvalue weighted by Crippen LogP contribution is 2.27. The molecule has 2 aromatic carbocycles. The van der Waals surface area contributed by atoms with Gasteiger partial charge in [-0.25, -0.2) is 0 Å². The van der Waals surface area contributed by atoms with Crippen molar-refractivity contribution in [2.45, 2.75) is 25.8 Å². The number of hydrogen-bond acceptors (Lipinski definition) is 2. The molecule has 1 heterocycles. The number of benzene rings is 2. The molecule has 1 unspecified atom stereocenters. The largest absolute Gasteiger partial charge is 0.311 e. The van der Waals surface area contributed by atoms with Crippen LogP contribution in [0.4, 0.5) is 5.69 Å². The highest BCUT2D eigenvalue weighted by Gasteiger charge is 2.24. The molecule has 3 heteroatoms. The summed E-state index contributed by atoms with van der Waals surface area (Å²) in [7, 11) is 0. The van der Waals surface area contributed by atoms with Gasteiger partial charge in [0, 0.05) is 18.3 Å². The van der Waals surface area contributed by atoms with Gasteiger partial charge in [-0.05, 0) is 30.0 Å². The van der Waals surface area contributed by atoms with Crippen molar-refractivity contribution in [2.75, 3.05) is 18.0 Å². The fourth-order valence-electron chi connectivity index (χ4n) is 3.09. The normalized spacial score (nSPS) is 14.7. The summed E-state index contributed by atoms with van der Waals surface area (Å²) in [6, 6.07) is 18.7. The summed E-state index contributed by atoms with van der Waals surface area (Å²) in [6.07, 6.45) is 1.92. The fourth-order valence-corrected chi connectivity index (χ4v) is 3.09.